The van der Waals surface area contributed by atoms with Gasteiger partial charge in [0.15, 0.2) is 0 Å². The van der Waals surface area contributed by atoms with Crippen LogP contribution in [0.2, 0.25) is 0 Å². The van der Waals surface area contributed by atoms with Gasteiger partial charge < -0.3 is 15.5 Å². The third-order valence-electron chi connectivity index (χ3n) is 3.38. The Balaban J connectivity index is 1.73. The molecule has 1 aliphatic heterocycles. The number of nitrogens with one attached hydrogen (secondary N) is 2. The van der Waals surface area contributed by atoms with E-state index in [2.05, 4.69) is 22.6 Å². The molecule has 19 heavy (non-hydrogen) atoms. The molecule has 1 heterocycles. The molecule has 2 rings (SSSR count). The van der Waals surface area contributed by atoms with E-state index in [9.17, 15) is 9.18 Å². The number of rotatable bonds is 4. The predicted molar refractivity (Wildman–Crippen MR) is 73.6 cm³/mol. The van der Waals surface area contributed by atoms with Crippen LogP contribution < -0.4 is 10.6 Å². The van der Waals surface area contributed by atoms with Gasteiger partial charge in [-0.05, 0) is 51.2 Å². The van der Waals surface area contributed by atoms with Gasteiger partial charge in [-0.2, -0.15) is 0 Å². The van der Waals surface area contributed by atoms with Crippen molar-refractivity contribution in [2.45, 2.75) is 18.9 Å². The van der Waals surface area contributed by atoms with Gasteiger partial charge in [0, 0.05) is 11.7 Å². The Labute approximate surface area is 113 Å². The summed E-state index contributed by atoms with van der Waals surface area (Å²) in [5.41, 5.74) is 0.496. The molecular formula is C14H20FN3O. The maximum Gasteiger partial charge on any atom is 0.238 e. The molecule has 1 fully saturated rings. The summed E-state index contributed by atoms with van der Waals surface area (Å²) in [7, 11) is 2.10. The predicted octanol–water partition coefficient (Wildman–Crippen LogP) is 1.45. The number of benzene rings is 1. The highest BCUT2D eigenvalue weighted by atomic mass is 19.1. The molecule has 0 aromatic heterocycles. The minimum absolute atomic E-state index is 0.135. The van der Waals surface area contributed by atoms with Crippen molar-refractivity contribution in [3.05, 3.63) is 30.1 Å². The maximum absolute atomic E-state index is 13.0. The van der Waals surface area contributed by atoms with Crippen LogP contribution in [0.3, 0.4) is 0 Å². The molecule has 0 spiro atoms. The van der Waals surface area contributed by atoms with Crippen LogP contribution in [0.5, 0.6) is 0 Å². The van der Waals surface area contributed by atoms with Crippen LogP contribution in [0.4, 0.5) is 10.1 Å². The normalized spacial score (nSPS) is 17.4. The number of nitrogens with zero attached hydrogens (tertiary/aromatic N) is 1. The Bertz CT molecular complexity index is 430. The molecule has 1 aromatic rings. The van der Waals surface area contributed by atoms with Gasteiger partial charge in [0.25, 0.3) is 0 Å². The van der Waals surface area contributed by atoms with E-state index in [0.717, 1.165) is 25.9 Å². The van der Waals surface area contributed by atoms with Crippen molar-refractivity contribution < 1.29 is 9.18 Å². The standard InChI is InChI=1S/C14H20FN3O/c1-18-7-5-12(6-8-18)16-10-14(19)17-13-4-2-3-11(15)9-13/h2-4,9,12,16H,5-8,10H2,1H3,(H,17,19). The zero-order valence-electron chi connectivity index (χ0n) is 11.2. The number of amides is 1. The van der Waals surface area contributed by atoms with Crippen LogP contribution in [0.15, 0.2) is 24.3 Å². The SMILES string of the molecule is CN1CCC(NCC(=O)Nc2cccc(F)c2)CC1. The number of hydrogen-bond donors (Lipinski definition) is 2. The second-order valence-corrected chi connectivity index (χ2v) is 5.02. The molecule has 5 heteroatoms. The van der Waals surface area contributed by atoms with Crippen molar-refractivity contribution in [2.24, 2.45) is 0 Å². The average Bonchev–Trinajstić information content (AvgIpc) is 2.38. The smallest absolute Gasteiger partial charge is 0.238 e. The highest BCUT2D eigenvalue weighted by molar-refractivity contribution is 5.92. The molecule has 1 aliphatic rings. The Hall–Kier alpha value is -1.46. The van der Waals surface area contributed by atoms with Gasteiger partial charge >= 0.3 is 0 Å². The Morgan fingerprint density at radius 2 is 2.16 bits per heavy atom. The van der Waals surface area contributed by atoms with Crippen molar-refractivity contribution in [2.75, 3.05) is 32.0 Å². The molecule has 1 aromatic carbocycles. The molecule has 4 nitrogen and oxygen atoms in total. The molecule has 0 bridgehead atoms. The van der Waals surface area contributed by atoms with E-state index in [-0.39, 0.29) is 18.3 Å². The number of likely N-dealkylation sites (tertiary alicyclic amines) is 1. The molecule has 1 saturated heterocycles. The zero-order valence-corrected chi connectivity index (χ0v) is 11.2. The fourth-order valence-corrected chi connectivity index (χ4v) is 2.22. The molecule has 0 atom stereocenters. The zero-order chi connectivity index (χ0) is 13.7. The van der Waals surface area contributed by atoms with Crippen molar-refractivity contribution in [3.63, 3.8) is 0 Å². The topological polar surface area (TPSA) is 44.4 Å². The maximum atomic E-state index is 13.0. The first-order valence-electron chi connectivity index (χ1n) is 6.61. The van der Waals surface area contributed by atoms with E-state index >= 15 is 0 Å². The summed E-state index contributed by atoms with van der Waals surface area (Å²) in [6.07, 6.45) is 2.12. The molecule has 2 N–H and O–H groups in total. The lowest BCUT2D eigenvalue weighted by molar-refractivity contribution is -0.115. The first kappa shape index (κ1) is 14.0. The molecule has 0 aliphatic carbocycles. The lowest BCUT2D eigenvalue weighted by Crippen LogP contribution is -2.43. The number of halogens is 1. The first-order chi connectivity index (χ1) is 9.13. The summed E-state index contributed by atoms with van der Waals surface area (Å²) in [6.45, 7) is 2.39. The van der Waals surface area contributed by atoms with Gasteiger partial charge in [-0.25, -0.2) is 4.39 Å². The molecule has 0 radical (unpaired) electrons. The van der Waals surface area contributed by atoms with Crippen molar-refractivity contribution in [1.82, 2.24) is 10.2 Å². The van der Waals surface area contributed by atoms with E-state index in [4.69, 9.17) is 0 Å². The quantitative estimate of drug-likeness (QED) is 0.866. The summed E-state index contributed by atoms with van der Waals surface area (Å²) in [5.74, 6) is -0.481. The number of hydrogen-bond acceptors (Lipinski definition) is 3. The Morgan fingerprint density at radius 1 is 1.42 bits per heavy atom. The van der Waals surface area contributed by atoms with Crippen LogP contribution in [0.25, 0.3) is 0 Å². The third kappa shape index (κ3) is 4.61. The second-order valence-electron chi connectivity index (χ2n) is 5.02. The minimum Gasteiger partial charge on any atom is -0.325 e. The van der Waals surface area contributed by atoms with Crippen molar-refractivity contribution in [1.29, 1.82) is 0 Å². The minimum atomic E-state index is -0.346. The number of carbonyl (C=O) groups excluding carboxylic acids is 1. The van der Waals surface area contributed by atoms with E-state index < -0.39 is 0 Å². The lowest BCUT2D eigenvalue weighted by Gasteiger charge is -2.29. The van der Waals surface area contributed by atoms with Gasteiger partial charge in [0.1, 0.15) is 5.82 Å². The van der Waals surface area contributed by atoms with Crippen LogP contribution >= 0.6 is 0 Å². The summed E-state index contributed by atoms with van der Waals surface area (Å²) in [5, 5.41) is 5.92. The highest BCUT2D eigenvalue weighted by Gasteiger charge is 2.16. The lowest BCUT2D eigenvalue weighted by atomic mass is 10.1. The molecule has 104 valence electrons. The van der Waals surface area contributed by atoms with Crippen molar-refractivity contribution >= 4 is 11.6 Å². The van der Waals surface area contributed by atoms with Gasteiger partial charge in [-0.1, -0.05) is 6.07 Å². The third-order valence-corrected chi connectivity index (χ3v) is 3.38. The monoisotopic (exact) mass is 265 g/mol. The first-order valence-corrected chi connectivity index (χ1v) is 6.61. The molecular weight excluding hydrogens is 245 g/mol. The molecule has 0 saturated carbocycles. The van der Waals surface area contributed by atoms with E-state index in [0.29, 0.717) is 11.7 Å². The van der Waals surface area contributed by atoms with E-state index in [1.165, 1.54) is 12.1 Å². The Morgan fingerprint density at radius 3 is 2.84 bits per heavy atom. The van der Waals surface area contributed by atoms with Crippen molar-refractivity contribution in [3.8, 4) is 0 Å². The van der Waals surface area contributed by atoms with Crippen LogP contribution in [0, 0.1) is 5.82 Å². The largest absolute Gasteiger partial charge is 0.325 e. The fraction of sp³-hybridized carbons (Fsp3) is 0.500. The Kier molecular flexibility index (Phi) is 4.87. The summed E-state index contributed by atoms with van der Waals surface area (Å²) >= 11 is 0. The van der Waals surface area contributed by atoms with Gasteiger partial charge in [-0.15, -0.1) is 0 Å². The van der Waals surface area contributed by atoms with E-state index in [1.807, 2.05) is 0 Å². The van der Waals surface area contributed by atoms with Gasteiger partial charge in [-0.3, -0.25) is 4.79 Å². The summed E-state index contributed by atoms with van der Waals surface area (Å²) < 4.78 is 13.0. The van der Waals surface area contributed by atoms with Gasteiger partial charge in [0.05, 0.1) is 6.54 Å². The fourth-order valence-electron chi connectivity index (χ4n) is 2.22. The molecule has 1 amide bonds. The van der Waals surface area contributed by atoms with Gasteiger partial charge in [0.2, 0.25) is 5.91 Å². The molecule has 0 unspecified atom stereocenters. The average molecular weight is 265 g/mol. The summed E-state index contributed by atoms with van der Waals surface area (Å²) in [6, 6.07) is 6.32. The summed E-state index contributed by atoms with van der Waals surface area (Å²) in [4.78, 5) is 14.0. The second kappa shape index (κ2) is 6.63. The van der Waals surface area contributed by atoms with Crippen LogP contribution in [-0.2, 0) is 4.79 Å². The number of anilines is 1. The van der Waals surface area contributed by atoms with E-state index in [1.54, 1.807) is 12.1 Å². The number of carbonyl (C=O) groups is 1. The van der Waals surface area contributed by atoms with Crippen LogP contribution in [-0.4, -0.2) is 43.5 Å². The number of piperidine rings is 1. The van der Waals surface area contributed by atoms with Crippen LogP contribution in [0.1, 0.15) is 12.8 Å². The highest BCUT2D eigenvalue weighted by Crippen LogP contribution is 2.09.